The molecule has 8 heteroatoms. The van der Waals surface area contributed by atoms with E-state index in [9.17, 15) is 13.2 Å². The third kappa shape index (κ3) is 5.19. The van der Waals surface area contributed by atoms with Gasteiger partial charge in [0.2, 0.25) is 10.0 Å². The Balaban J connectivity index is 1.80. The Kier molecular flexibility index (Phi) is 7.06. The van der Waals surface area contributed by atoms with Gasteiger partial charge in [0.25, 0.3) is 0 Å². The molecule has 1 heterocycles. The molecule has 1 saturated heterocycles. The first-order valence-electron chi connectivity index (χ1n) is 7.98. The van der Waals surface area contributed by atoms with E-state index < -0.39 is 22.0 Å². The minimum Gasteiger partial charge on any atom is -0.490 e. The van der Waals surface area contributed by atoms with Crippen molar-refractivity contribution in [2.45, 2.75) is 32.2 Å². The molecule has 0 aromatic heterocycles. The Bertz CT molecular complexity index is 647. The Morgan fingerprint density at radius 3 is 2.67 bits per heavy atom. The number of hydrogen-bond donors (Lipinski definition) is 0. The number of hydrogen-bond acceptors (Lipinski definition) is 5. The molecule has 0 radical (unpaired) electrons. The lowest BCUT2D eigenvalue weighted by Crippen LogP contribution is -2.42. The number of carbonyl (C=O) groups is 1. The molecule has 1 aliphatic rings. The zero-order valence-corrected chi connectivity index (χ0v) is 16.0. The highest BCUT2D eigenvalue weighted by molar-refractivity contribution is 9.10. The summed E-state index contributed by atoms with van der Waals surface area (Å²) < 4.78 is 37.3. The van der Waals surface area contributed by atoms with Crippen LogP contribution in [0.5, 0.6) is 5.75 Å². The van der Waals surface area contributed by atoms with Crippen molar-refractivity contribution in [3.8, 4) is 5.75 Å². The van der Waals surface area contributed by atoms with E-state index in [1.54, 1.807) is 6.92 Å². The van der Waals surface area contributed by atoms with Crippen LogP contribution in [-0.4, -0.2) is 50.2 Å². The highest BCUT2D eigenvalue weighted by Gasteiger charge is 2.38. The fourth-order valence-electron chi connectivity index (χ4n) is 2.61. The highest BCUT2D eigenvalue weighted by atomic mass is 79.9. The van der Waals surface area contributed by atoms with Crippen molar-refractivity contribution in [3.05, 3.63) is 28.7 Å². The Labute approximate surface area is 151 Å². The van der Waals surface area contributed by atoms with Gasteiger partial charge in [-0.15, -0.1) is 0 Å². The van der Waals surface area contributed by atoms with E-state index in [4.69, 9.17) is 9.47 Å². The van der Waals surface area contributed by atoms with Gasteiger partial charge in [-0.05, 0) is 43.5 Å². The van der Waals surface area contributed by atoms with Crippen LogP contribution in [0, 0.1) is 0 Å². The summed E-state index contributed by atoms with van der Waals surface area (Å²) in [5, 5.41) is 0. The second kappa shape index (κ2) is 8.82. The first-order valence-corrected chi connectivity index (χ1v) is 10.4. The van der Waals surface area contributed by atoms with Crippen molar-refractivity contribution >= 4 is 31.9 Å². The summed E-state index contributed by atoms with van der Waals surface area (Å²) in [6.07, 6.45) is 1.72. The van der Waals surface area contributed by atoms with Crippen LogP contribution in [-0.2, 0) is 19.6 Å². The lowest BCUT2D eigenvalue weighted by Gasteiger charge is -2.22. The van der Waals surface area contributed by atoms with Crippen molar-refractivity contribution in [2.24, 2.45) is 0 Å². The van der Waals surface area contributed by atoms with Crippen LogP contribution in [0.4, 0.5) is 0 Å². The van der Waals surface area contributed by atoms with Crippen molar-refractivity contribution in [1.82, 2.24) is 4.31 Å². The number of rotatable bonds is 8. The minimum absolute atomic E-state index is 0.0590. The van der Waals surface area contributed by atoms with Gasteiger partial charge in [0.1, 0.15) is 25.0 Å². The average molecular weight is 420 g/mol. The molecule has 1 atom stereocenters. The summed E-state index contributed by atoms with van der Waals surface area (Å²) >= 11 is 3.34. The number of halogens is 1. The normalized spacial score (nSPS) is 18.5. The van der Waals surface area contributed by atoms with Crippen LogP contribution in [0.25, 0.3) is 0 Å². The number of ether oxygens (including phenoxy) is 2. The Morgan fingerprint density at radius 1 is 1.29 bits per heavy atom. The maximum absolute atomic E-state index is 12.2. The van der Waals surface area contributed by atoms with Gasteiger partial charge in [-0.2, -0.15) is 4.31 Å². The largest absolute Gasteiger partial charge is 0.490 e. The molecule has 0 amide bonds. The van der Waals surface area contributed by atoms with Crippen LogP contribution < -0.4 is 4.74 Å². The standard InChI is InChI=1S/C16H22BrNO5S/c1-2-12-24(20,21)18-9-3-4-15(18)16(19)23-11-10-22-14-7-5-13(17)6-8-14/h5-8,15H,2-4,9-12H2,1H3. The van der Waals surface area contributed by atoms with E-state index in [2.05, 4.69) is 15.9 Å². The predicted octanol–water partition coefficient (Wildman–Crippen LogP) is 2.58. The van der Waals surface area contributed by atoms with E-state index >= 15 is 0 Å². The second-order valence-corrected chi connectivity index (χ2v) is 8.51. The molecule has 0 bridgehead atoms. The quantitative estimate of drug-likeness (QED) is 0.478. The third-order valence-corrected chi connectivity index (χ3v) is 6.31. The van der Waals surface area contributed by atoms with Crippen LogP contribution in [0.3, 0.4) is 0 Å². The van der Waals surface area contributed by atoms with E-state index in [0.29, 0.717) is 31.6 Å². The predicted molar refractivity (Wildman–Crippen MR) is 94.4 cm³/mol. The lowest BCUT2D eigenvalue weighted by molar-refractivity contribution is -0.148. The van der Waals surface area contributed by atoms with Crippen molar-refractivity contribution in [1.29, 1.82) is 0 Å². The summed E-state index contributed by atoms with van der Waals surface area (Å²) in [4.78, 5) is 12.2. The van der Waals surface area contributed by atoms with Gasteiger partial charge in [0, 0.05) is 11.0 Å². The van der Waals surface area contributed by atoms with Crippen molar-refractivity contribution in [3.63, 3.8) is 0 Å². The number of sulfonamides is 1. The van der Waals surface area contributed by atoms with Crippen LogP contribution in [0.1, 0.15) is 26.2 Å². The molecule has 1 fully saturated rings. The smallest absolute Gasteiger partial charge is 0.324 e. The highest BCUT2D eigenvalue weighted by Crippen LogP contribution is 2.23. The summed E-state index contributed by atoms with van der Waals surface area (Å²) in [7, 11) is -3.39. The summed E-state index contributed by atoms with van der Waals surface area (Å²) in [6.45, 7) is 2.51. The van der Waals surface area contributed by atoms with E-state index in [-0.39, 0.29) is 19.0 Å². The molecule has 0 spiro atoms. The van der Waals surface area contributed by atoms with Crippen LogP contribution in [0.15, 0.2) is 28.7 Å². The SMILES string of the molecule is CCCS(=O)(=O)N1CCCC1C(=O)OCCOc1ccc(Br)cc1. The number of esters is 1. The molecule has 1 unspecified atom stereocenters. The van der Waals surface area contributed by atoms with Gasteiger partial charge >= 0.3 is 5.97 Å². The first-order chi connectivity index (χ1) is 11.4. The van der Waals surface area contributed by atoms with Gasteiger partial charge in [-0.1, -0.05) is 22.9 Å². The Hall–Kier alpha value is -1.12. The zero-order chi connectivity index (χ0) is 17.6. The maximum atomic E-state index is 12.2. The molecule has 24 heavy (non-hydrogen) atoms. The molecule has 1 aromatic rings. The molecule has 0 aliphatic carbocycles. The van der Waals surface area contributed by atoms with Gasteiger partial charge in [-0.3, -0.25) is 4.79 Å². The first kappa shape index (κ1) is 19.2. The molecular formula is C16H22BrNO5S. The molecule has 2 rings (SSSR count). The van der Waals surface area contributed by atoms with Crippen molar-refractivity contribution < 1.29 is 22.7 Å². The number of carbonyl (C=O) groups excluding carboxylic acids is 1. The zero-order valence-electron chi connectivity index (χ0n) is 13.6. The van der Waals surface area contributed by atoms with E-state index in [1.165, 1.54) is 4.31 Å². The second-order valence-electron chi connectivity index (χ2n) is 5.55. The molecule has 134 valence electrons. The number of nitrogens with zero attached hydrogens (tertiary/aromatic N) is 1. The molecule has 0 N–H and O–H groups in total. The minimum atomic E-state index is -3.39. The molecule has 1 aromatic carbocycles. The number of benzene rings is 1. The fraction of sp³-hybridized carbons (Fsp3) is 0.562. The lowest BCUT2D eigenvalue weighted by atomic mass is 10.2. The van der Waals surface area contributed by atoms with E-state index in [0.717, 1.165) is 4.47 Å². The van der Waals surface area contributed by atoms with Crippen molar-refractivity contribution in [2.75, 3.05) is 25.5 Å². The maximum Gasteiger partial charge on any atom is 0.324 e. The van der Waals surface area contributed by atoms with Crippen LogP contribution in [0.2, 0.25) is 0 Å². The van der Waals surface area contributed by atoms with E-state index in [1.807, 2.05) is 24.3 Å². The monoisotopic (exact) mass is 419 g/mol. The third-order valence-electron chi connectivity index (χ3n) is 3.71. The van der Waals surface area contributed by atoms with Gasteiger partial charge in [-0.25, -0.2) is 8.42 Å². The Morgan fingerprint density at radius 2 is 2.00 bits per heavy atom. The molecule has 0 saturated carbocycles. The summed E-state index contributed by atoms with van der Waals surface area (Å²) in [5.41, 5.74) is 0. The topological polar surface area (TPSA) is 72.9 Å². The molecule has 1 aliphatic heterocycles. The fourth-order valence-corrected chi connectivity index (χ4v) is 4.61. The van der Waals surface area contributed by atoms with Gasteiger partial charge < -0.3 is 9.47 Å². The van der Waals surface area contributed by atoms with Gasteiger partial charge in [0.05, 0.1) is 5.75 Å². The van der Waals surface area contributed by atoms with Crippen LogP contribution >= 0.6 is 15.9 Å². The molecule has 6 nitrogen and oxygen atoms in total. The summed E-state index contributed by atoms with van der Waals surface area (Å²) in [5.74, 6) is 0.248. The summed E-state index contributed by atoms with van der Waals surface area (Å²) in [6, 6.07) is 6.63. The average Bonchev–Trinajstić information content (AvgIpc) is 3.03. The van der Waals surface area contributed by atoms with Gasteiger partial charge in [0.15, 0.2) is 0 Å². The molecular weight excluding hydrogens is 398 g/mol.